The Hall–Kier alpha value is -3.61. The third-order valence-electron chi connectivity index (χ3n) is 6.20. The summed E-state index contributed by atoms with van der Waals surface area (Å²) >= 11 is 0. The molecular weight excluding hydrogens is 507 g/mol. The van der Waals surface area contributed by atoms with Gasteiger partial charge >= 0.3 is 12.4 Å². The molecule has 1 saturated carbocycles. The van der Waals surface area contributed by atoms with Gasteiger partial charge in [-0.25, -0.2) is 4.39 Å². The normalized spacial score (nSPS) is 16.1. The van der Waals surface area contributed by atoms with Gasteiger partial charge in [-0.1, -0.05) is 11.8 Å². The van der Waals surface area contributed by atoms with Gasteiger partial charge in [0.2, 0.25) is 5.91 Å². The van der Waals surface area contributed by atoms with Crippen molar-refractivity contribution in [3.8, 4) is 17.9 Å². The minimum absolute atomic E-state index is 0.180. The molecule has 12 heteroatoms. The van der Waals surface area contributed by atoms with Gasteiger partial charge < -0.3 is 16.2 Å². The summed E-state index contributed by atoms with van der Waals surface area (Å²) in [5, 5.41) is 21.4. The number of aliphatic hydroxyl groups excluding tert-OH is 1. The number of nitrogens with two attached hydrogens (primary N) is 1. The van der Waals surface area contributed by atoms with Crippen LogP contribution in [0.15, 0.2) is 36.4 Å². The maximum atomic E-state index is 14.7. The standard InChI is InChI=1S/C25H20F7N3O2/c26-20-5-3-16(24(27,28)29)10-19(20)22(7-8-22)13-23(14-36,6-1-9-33)21(37)35-17-4-2-15(12-34)18(11-17)25(30,31)32/h2-5,10-11,36H,7-9,13-14,33H2,(H,35,37). The molecule has 37 heavy (non-hydrogen) atoms. The van der Waals surface area contributed by atoms with E-state index in [0.29, 0.717) is 24.3 Å². The topological polar surface area (TPSA) is 99.1 Å². The Morgan fingerprint density at radius 3 is 2.27 bits per heavy atom. The first-order valence-corrected chi connectivity index (χ1v) is 10.8. The maximum Gasteiger partial charge on any atom is 0.417 e. The van der Waals surface area contributed by atoms with E-state index in [4.69, 9.17) is 11.0 Å². The Morgan fingerprint density at radius 2 is 1.76 bits per heavy atom. The summed E-state index contributed by atoms with van der Waals surface area (Å²) in [4.78, 5) is 13.3. The van der Waals surface area contributed by atoms with Gasteiger partial charge in [0.1, 0.15) is 11.2 Å². The number of aliphatic hydroxyl groups is 1. The van der Waals surface area contributed by atoms with E-state index in [-0.39, 0.29) is 30.6 Å². The first-order chi connectivity index (χ1) is 17.2. The number of benzene rings is 2. The van der Waals surface area contributed by atoms with Gasteiger partial charge in [-0.3, -0.25) is 4.79 Å². The van der Waals surface area contributed by atoms with E-state index in [2.05, 4.69) is 17.2 Å². The molecule has 0 bridgehead atoms. The largest absolute Gasteiger partial charge is 0.417 e. The molecule has 1 aliphatic carbocycles. The molecule has 1 amide bonds. The highest BCUT2D eigenvalue weighted by Gasteiger charge is 2.54. The van der Waals surface area contributed by atoms with Crippen molar-refractivity contribution in [1.29, 1.82) is 5.26 Å². The first-order valence-electron chi connectivity index (χ1n) is 10.8. The molecular formula is C25H20F7N3O2. The van der Waals surface area contributed by atoms with Gasteiger partial charge in [0, 0.05) is 11.1 Å². The number of nitrogens with one attached hydrogen (secondary N) is 1. The SMILES string of the molecule is N#Cc1ccc(NC(=O)C(C#CCN)(CO)CC2(c3cc(C(F)(F)F)ccc3F)CC2)cc1C(F)(F)F. The number of hydrogen-bond donors (Lipinski definition) is 3. The molecule has 0 aliphatic heterocycles. The van der Waals surface area contributed by atoms with Crippen molar-refractivity contribution in [3.63, 3.8) is 0 Å². The molecule has 0 radical (unpaired) electrons. The molecule has 5 nitrogen and oxygen atoms in total. The lowest BCUT2D eigenvalue weighted by atomic mass is 9.74. The molecule has 1 fully saturated rings. The van der Waals surface area contributed by atoms with Crippen molar-refractivity contribution < 1.29 is 40.6 Å². The highest BCUT2D eigenvalue weighted by Crippen LogP contribution is 2.56. The van der Waals surface area contributed by atoms with Gasteiger partial charge in [0.15, 0.2) is 0 Å². The zero-order valence-electron chi connectivity index (χ0n) is 19.0. The first kappa shape index (κ1) is 28.0. The number of carbonyl (C=O) groups excluding carboxylic acids is 1. The zero-order valence-corrected chi connectivity index (χ0v) is 19.0. The average Bonchev–Trinajstić information content (AvgIpc) is 3.60. The molecule has 1 aliphatic rings. The minimum Gasteiger partial charge on any atom is -0.394 e. The lowest BCUT2D eigenvalue weighted by molar-refractivity contribution is -0.138. The van der Waals surface area contributed by atoms with Crippen molar-refractivity contribution >= 4 is 11.6 Å². The second-order valence-electron chi connectivity index (χ2n) is 8.72. The van der Waals surface area contributed by atoms with E-state index in [9.17, 15) is 40.6 Å². The van der Waals surface area contributed by atoms with Crippen LogP contribution in [0.25, 0.3) is 0 Å². The molecule has 4 N–H and O–H groups in total. The molecule has 2 aromatic rings. The Morgan fingerprint density at radius 1 is 1.08 bits per heavy atom. The molecule has 0 spiro atoms. The third kappa shape index (κ3) is 5.87. The van der Waals surface area contributed by atoms with Crippen LogP contribution in [0.1, 0.15) is 41.5 Å². The Labute approximate surface area is 207 Å². The van der Waals surface area contributed by atoms with Crippen molar-refractivity contribution in [2.24, 2.45) is 11.1 Å². The fraction of sp³-hybridized carbons (Fsp3) is 0.360. The number of halogens is 7. The summed E-state index contributed by atoms with van der Waals surface area (Å²) in [6.45, 7) is -1.24. The summed E-state index contributed by atoms with van der Waals surface area (Å²) in [7, 11) is 0. The fourth-order valence-electron chi connectivity index (χ4n) is 4.15. The van der Waals surface area contributed by atoms with Crippen molar-refractivity contribution in [3.05, 3.63) is 64.5 Å². The highest BCUT2D eigenvalue weighted by atomic mass is 19.4. The molecule has 196 valence electrons. The minimum atomic E-state index is -4.90. The Balaban J connectivity index is 2.02. The number of amides is 1. The van der Waals surface area contributed by atoms with E-state index in [1.54, 1.807) is 0 Å². The number of rotatable bonds is 6. The number of hydrogen-bond acceptors (Lipinski definition) is 4. The van der Waals surface area contributed by atoms with Crippen LogP contribution in [0, 0.1) is 34.4 Å². The van der Waals surface area contributed by atoms with Crippen LogP contribution in [0.4, 0.5) is 36.4 Å². The quantitative estimate of drug-likeness (QED) is 0.374. The van der Waals surface area contributed by atoms with Crippen molar-refractivity contribution in [1.82, 2.24) is 0 Å². The lowest BCUT2D eigenvalue weighted by Gasteiger charge is -2.31. The lowest BCUT2D eigenvalue weighted by Crippen LogP contribution is -2.41. The second kappa shape index (κ2) is 10.0. The van der Waals surface area contributed by atoms with Gasteiger partial charge in [-0.2, -0.15) is 31.6 Å². The highest BCUT2D eigenvalue weighted by molar-refractivity contribution is 5.98. The van der Waals surface area contributed by atoms with Gasteiger partial charge in [-0.15, -0.1) is 0 Å². The van der Waals surface area contributed by atoms with Crippen LogP contribution in [-0.4, -0.2) is 24.2 Å². The number of nitrogens with zero attached hydrogens (tertiary/aromatic N) is 1. The monoisotopic (exact) mass is 527 g/mol. The van der Waals surface area contributed by atoms with Crippen LogP contribution >= 0.6 is 0 Å². The third-order valence-corrected chi connectivity index (χ3v) is 6.20. The number of alkyl halides is 6. The molecule has 1 unspecified atom stereocenters. The van der Waals surface area contributed by atoms with Gasteiger partial charge in [0.25, 0.3) is 0 Å². The summed E-state index contributed by atoms with van der Waals surface area (Å²) in [5.74, 6) is 2.92. The van der Waals surface area contributed by atoms with Crippen LogP contribution in [0.3, 0.4) is 0 Å². The second-order valence-corrected chi connectivity index (χ2v) is 8.72. The van der Waals surface area contributed by atoms with Gasteiger partial charge in [-0.05, 0) is 61.2 Å². The molecule has 1 atom stereocenters. The summed E-state index contributed by atoms with van der Waals surface area (Å²) in [6, 6.07) is 5.73. The van der Waals surface area contributed by atoms with E-state index >= 15 is 0 Å². The zero-order chi connectivity index (χ0) is 27.6. The van der Waals surface area contributed by atoms with Crippen LogP contribution in [-0.2, 0) is 22.6 Å². The number of anilines is 1. The summed E-state index contributed by atoms with van der Waals surface area (Å²) in [5.41, 5.74) is -1.67. The maximum absolute atomic E-state index is 14.7. The molecule has 0 heterocycles. The van der Waals surface area contributed by atoms with Crippen molar-refractivity contribution in [2.75, 3.05) is 18.5 Å². The Kier molecular flexibility index (Phi) is 7.59. The van der Waals surface area contributed by atoms with E-state index in [1.165, 1.54) is 6.07 Å². The van der Waals surface area contributed by atoms with Crippen LogP contribution < -0.4 is 11.1 Å². The van der Waals surface area contributed by atoms with Gasteiger partial charge in [0.05, 0.1) is 35.9 Å². The number of nitriles is 1. The van der Waals surface area contributed by atoms with E-state index < -0.39 is 64.6 Å². The smallest absolute Gasteiger partial charge is 0.394 e. The van der Waals surface area contributed by atoms with Crippen LogP contribution in [0.5, 0.6) is 0 Å². The predicted octanol–water partition coefficient (Wildman–Crippen LogP) is 4.74. The molecule has 2 aromatic carbocycles. The van der Waals surface area contributed by atoms with Crippen LogP contribution in [0.2, 0.25) is 0 Å². The summed E-state index contributed by atoms with van der Waals surface area (Å²) in [6.07, 6.45) is -9.72. The molecule has 3 rings (SSSR count). The molecule has 0 aromatic heterocycles. The molecule has 0 saturated heterocycles. The Bertz CT molecular complexity index is 1300. The predicted molar refractivity (Wildman–Crippen MR) is 118 cm³/mol. The number of carbonyl (C=O) groups is 1. The summed E-state index contributed by atoms with van der Waals surface area (Å²) < 4.78 is 94.5. The average molecular weight is 527 g/mol. The fourth-order valence-corrected chi connectivity index (χ4v) is 4.15. The van der Waals surface area contributed by atoms with Crippen molar-refractivity contribution in [2.45, 2.75) is 37.0 Å². The van der Waals surface area contributed by atoms with E-state index in [0.717, 1.165) is 12.1 Å². The van der Waals surface area contributed by atoms with E-state index in [1.807, 2.05) is 0 Å².